The molecule has 0 radical (unpaired) electrons. The minimum absolute atomic E-state index is 0.0769. The summed E-state index contributed by atoms with van der Waals surface area (Å²) in [5, 5.41) is 8.86. The van der Waals surface area contributed by atoms with Crippen LogP contribution in [0.2, 0.25) is 0 Å². The molecule has 0 aliphatic rings. The fourth-order valence-corrected chi connectivity index (χ4v) is 2.97. The van der Waals surface area contributed by atoms with Gasteiger partial charge in [-0.15, -0.1) is 0 Å². The predicted octanol–water partition coefficient (Wildman–Crippen LogP) is 1.19. The molecule has 0 amide bonds. The maximum atomic E-state index is 12.5. The van der Waals surface area contributed by atoms with Crippen LogP contribution in [0.1, 0.15) is 10.4 Å². The van der Waals surface area contributed by atoms with E-state index in [2.05, 4.69) is 4.98 Å². The summed E-state index contributed by atoms with van der Waals surface area (Å²) in [5.41, 5.74) is 5.47. The van der Waals surface area contributed by atoms with Gasteiger partial charge in [-0.3, -0.25) is 4.31 Å². The molecule has 0 aliphatic carbocycles. The number of carboxylic acid groups (broad SMARTS) is 1. The largest absolute Gasteiger partial charge is 0.478 e. The number of aromatic carboxylic acids is 1. The topological polar surface area (TPSA) is 114 Å². The first-order valence-corrected chi connectivity index (χ1v) is 7.31. The Morgan fingerprint density at radius 1 is 1.29 bits per heavy atom. The number of anilines is 2. The molecule has 0 spiro atoms. The average molecular weight is 307 g/mol. The maximum absolute atomic E-state index is 12.5. The average Bonchev–Trinajstić information content (AvgIpc) is 2.46. The Bertz CT molecular complexity index is 775. The lowest BCUT2D eigenvalue weighted by Crippen LogP contribution is -2.28. The Morgan fingerprint density at radius 2 is 2.00 bits per heavy atom. The Kier molecular flexibility index (Phi) is 3.81. The van der Waals surface area contributed by atoms with Gasteiger partial charge in [-0.25, -0.2) is 18.2 Å². The van der Waals surface area contributed by atoms with E-state index in [0.29, 0.717) is 0 Å². The number of nitrogens with zero attached hydrogens (tertiary/aromatic N) is 2. The molecule has 0 unspecified atom stereocenters. The van der Waals surface area contributed by atoms with Crippen LogP contribution in [0.3, 0.4) is 0 Å². The van der Waals surface area contributed by atoms with Gasteiger partial charge in [0.15, 0.2) is 0 Å². The number of hydrogen-bond donors (Lipinski definition) is 2. The molecule has 1 aromatic carbocycles. The van der Waals surface area contributed by atoms with E-state index in [4.69, 9.17) is 10.8 Å². The molecule has 0 aliphatic heterocycles. The van der Waals surface area contributed by atoms with Crippen LogP contribution in [-0.4, -0.2) is 31.5 Å². The first-order chi connectivity index (χ1) is 9.84. The summed E-state index contributed by atoms with van der Waals surface area (Å²) in [5.74, 6) is -0.942. The number of pyridine rings is 1. The van der Waals surface area contributed by atoms with E-state index in [1.165, 1.54) is 25.4 Å². The van der Waals surface area contributed by atoms with Gasteiger partial charge in [0.2, 0.25) is 0 Å². The zero-order chi connectivity index (χ0) is 15.6. The van der Waals surface area contributed by atoms with Crippen LogP contribution in [0.4, 0.5) is 11.5 Å². The van der Waals surface area contributed by atoms with Gasteiger partial charge in [0.05, 0.1) is 11.3 Å². The Morgan fingerprint density at radius 3 is 2.52 bits per heavy atom. The summed E-state index contributed by atoms with van der Waals surface area (Å²) in [6, 6.07) is 8.34. The van der Waals surface area contributed by atoms with Gasteiger partial charge >= 0.3 is 5.97 Å². The fourth-order valence-electron chi connectivity index (χ4n) is 1.73. The van der Waals surface area contributed by atoms with Crippen molar-refractivity contribution in [2.45, 2.75) is 4.90 Å². The number of rotatable bonds is 4. The van der Waals surface area contributed by atoms with E-state index in [-0.39, 0.29) is 22.0 Å². The van der Waals surface area contributed by atoms with Gasteiger partial charge in [0.1, 0.15) is 10.7 Å². The number of sulfonamides is 1. The van der Waals surface area contributed by atoms with Crippen LogP contribution in [0.15, 0.2) is 47.5 Å². The van der Waals surface area contributed by atoms with Crippen molar-refractivity contribution in [1.29, 1.82) is 0 Å². The highest BCUT2D eigenvalue weighted by Gasteiger charge is 2.25. The molecule has 7 nitrogen and oxygen atoms in total. The van der Waals surface area contributed by atoms with Gasteiger partial charge in [-0.2, -0.15) is 0 Å². The molecule has 2 aromatic rings. The van der Waals surface area contributed by atoms with Crippen molar-refractivity contribution in [1.82, 2.24) is 4.98 Å². The molecular weight excluding hydrogens is 294 g/mol. The standard InChI is InChI=1S/C13H13N3O4S/c1-16(12-4-2-3-7-15-12)21(19,20)11-6-5-9(13(17)18)8-10(11)14/h2-8H,14H2,1H3,(H,17,18). The van der Waals surface area contributed by atoms with Crippen molar-refractivity contribution in [3.8, 4) is 0 Å². The summed E-state index contributed by atoms with van der Waals surface area (Å²) in [7, 11) is -2.56. The van der Waals surface area contributed by atoms with E-state index in [1.807, 2.05) is 0 Å². The van der Waals surface area contributed by atoms with Gasteiger partial charge in [0.25, 0.3) is 10.0 Å². The molecule has 3 N–H and O–H groups in total. The van der Waals surface area contributed by atoms with E-state index < -0.39 is 16.0 Å². The zero-order valence-electron chi connectivity index (χ0n) is 11.1. The SMILES string of the molecule is CN(c1ccccn1)S(=O)(=O)c1ccc(C(=O)O)cc1N. The summed E-state index contributed by atoms with van der Waals surface area (Å²) >= 11 is 0. The Hall–Kier alpha value is -2.61. The number of carbonyl (C=O) groups is 1. The quantitative estimate of drug-likeness (QED) is 0.820. The molecule has 0 saturated carbocycles. The second kappa shape index (κ2) is 5.41. The highest BCUT2D eigenvalue weighted by Crippen LogP contribution is 2.25. The summed E-state index contributed by atoms with van der Waals surface area (Å²) in [6.45, 7) is 0. The van der Waals surface area contributed by atoms with E-state index >= 15 is 0 Å². The van der Waals surface area contributed by atoms with Crippen molar-refractivity contribution in [2.75, 3.05) is 17.1 Å². The number of hydrogen-bond acceptors (Lipinski definition) is 5. The van der Waals surface area contributed by atoms with Gasteiger partial charge < -0.3 is 10.8 Å². The van der Waals surface area contributed by atoms with Crippen LogP contribution >= 0.6 is 0 Å². The molecule has 1 aromatic heterocycles. The number of nitrogen functional groups attached to an aromatic ring is 1. The molecule has 21 heavy (non-hydrogen) atoms. The smallest absolute Gasteiger partial charge is 0.335 e. The third-order valence-corrected chi connectivity index (χ3v) is 4.70. The van der Waals surface area contributed by atoms with Crippen LogP contribution in [0.5, 0.6) is 0 Å². The van der Waals surface area contributed by atoms with E-state index in [1.54, 1.807) is 18.2 Å². The highest BCUT2D eigenvalue weighted by atomic mass is 32.2. The molecule has 1 heterocycles. The van der Waals surface area contributed by atoms with Crippen molar-refractivity contribution >= 4 is 27.5 Å². The normalized spacial score (nSPS) is 11.1. The molecule has 0 bridgehead atoms. The first-order valence-electron chi connectivity index (χ1n) is 5.87. The second-order valence-electron chi connectivity index (χ2n) is 4.22. The first kappa shape index (κ1) is 14.8. The summed E-state index contributed by atoms with van der Waals surface area (Å²) in [6.07, 6.45) is 1.47. The predicted molar refractivity (Wildman–Crippen MR) is 77.6 cm³/mol. The second-order valence-corrected chi connectivity index (χ2v) is 6.16. The zero-order valence-corrected chi connectivity index (χ0v) is 11.9. The van der Waals surface area contributed by atoms with Gasteiger partial charge in [-0.05, 0) is 30.3 Å². The highest BCUT2D eigenvalue weighted by molar-refractivity contribution is 7.93. The molecule has 110 valence electrons. The summed E-state index contributed by atoms with van der Waals surface area (Å²) < 4.78 is 26.0. The minimum atomic E-state index is -3.91. The van der Waals surface area contributed by atoms with Crippen LogP contribution in [0, 0.1) is 0 Å². The third kappa shape index (κ3) is 2.79. The monoisotopic (exact) mass is 307 g/mol. The maximum Gasteiger partial charge on any atom is 0.335 e. The van der Waals surface area contributed by atoms with Crippen LogP contribution in [-0.2, 0) is 10.0 Å². The van der Waals surface area contributed by atoms with Gasteiger partial charge in [0, 0.05) is 13.2 Å². The molecule has 8 heteroatoms. The summed E-state index contributed by atoms with van der Waals surface area (Å²) in [4.78, 5) is 14.6. The molecule has 2 rings (SSSR count). The molecular formula is C13H13N3O4S. The van der Waals surface area contributed by atoms with Gasteiger partial charge in [-0.1, -0.05) is 6.07 Å². The van der Waals surface area contributed by atoms with Crippen molar-refractivity contribution in [3.63, 3.8) is 0 Å². The van der Waals surface area contributed by atoms with Crippen molar-refractivity contribution < 1.29 is 18.3 Å². The lowest BCUT2D eigenvalue weighted by molar-refractivity contribution is 0.0697. The molecule has 0 fully saturated rings. The number of nitrogens with two attached hydrogens (primary N) is 1. The number of benzene rings is 1. The van der Waals surface area contributed by atoms with Crippen LogP contribution in [0.25, 0.3) is 0 Å². The molecule has 0 saturated heterocycles. The van der Waals surface area contributed by atoms with E-state index in [0.717, 1.165) is 10.4 Å². The number of aromatic nitrogens is 1. The number of carboxylic acids is 1. The van der Waals surface area contributed by atoms with E-state index in [9.17, 15) is 13.2 Å². The van der Waals surface area contributed by atoms with Crippen LogP contribution < -0.4 is 10.0 Å². The lowest BCUT2D eigenvalue weighted by atomic mass is 10.2. The minimum Gasteiger partial charge on any atom is -0.478 e. The van der Waals surface area contributed by atoms with Crippen molar-refractivity contribution in [3.05, 3.63) is 48.2 Å². The Labute approximate surface area is 121 Å². The Balaban J connectivity index is 2.47. The fraction of sp³-hybridized carbons (Fsp3) is 0.0769. The van der Waals surface area contributed by atoms with Crippen molar-refractivity contribution in [2.24, 2.45) is 0 Å². The third-order valence-electron chi connectivity index (χ3n) is 2.87. The molecule has 0 atom stereocenters. The lowest BCUT2D eigenvalue weighted by Gasteiger charge is -2.19.